The Hall–Kier alpha value is -0.0000000000000000555. The molecule has 5 heteroatoms. The fourth-order valence-corrected chi connectivity index (χ4v) is 2.62. The van der Waals surface area contributed by atoms with E-state index in [1.54, 1.807) is 6.07 Å². The van der Waals surface area contributed by atoms with Crippen LogP contribution in [0.15, 0.2) is 20.5 Å². The second-order valence-corrected chi connectivity index (χ2v) is 5.34. The van der Waals surface area contributed by atoms with Crippen LogP contribution in [0.3, 0.4) is 0 Å². The molecule has 12 heavy (non-hydrogen) atoms. The molecule has 0 aliphatic carbocycles. The molecule has 0 amide bonds. The summed E-state index contributed by atoms with van der Waals surface area (Å²) in [6.45, 7) is 0. The Bertz CT molecular complexity index is 440. The molecule has 0 bridgehead atoms. The first kappa shape index (κ1) is 8.59. The molecule has 0 N–H and O–H groups in total. The Labute approximate surface area is 88.9 Å². The van der Waals surface area contributed by atoms with Crippen molar-refractivity contribution in [1.29, 1.82) is 0 Å². The zero-order valence-electron chi connectivity index (χ0n) is 5.64. The van der Waals surface area contributed by atoms with Gasteiger partial charge in [-0.05, 0) is 44.0 Å². The van der Waals surface area contributed by atoms with Crippen LogP contribution in [0.4, 0.5) is 4.39 Å². The van der Waals surface area contributed by atoms with E-state index in [0.29, 0.717) is 13.9 Å². The smallest absolute Gasteiger partial charge is 0.164 e. The van der Waals surface area contributed by atoms with E-state index in [1.807, 2.05) is 6.07 Å². The van der Waals surface area contributed by atoms with Crippen molar-refractivity contribution < 1.29 is 4.39 Å². The molecule has 1 aromatic heterocycles. The van der Waals surface area contributed by atoms with Crippen molar-refractivity contribution >= 4 is 53.4 Å². The number of rotatable bonds is 0. The minimum absolute atomic E-state index is 0.297. The Kier molecular flexibility index (Phi) is 2.18. The molecule has 0 saturated carbocycles. The average molecular weight is 311 g/mol. The maximum absolute atomic E-state index is 13.3. The lowest BCUT2D eigenvalue weighted by molar-refractivity contribution is 0.630. The largest absolute Gasteiger partial charge is 0.226 e. The standard InChI is InChI=1S/C7H2Br2FNS/c8-3-1-2-4-6(5(3)10)11-7(9)12-4/h1-2H. The van der Waals surface area contributed by atoms with Gasteiger partial charge in [-0.1, -0.05) is 0 Å². The van der Waals surface area contributed by atoms with Gasteiger partial charge in [0.05, 0.1) is 9.17 Å². The summed E-state index contributed by atoms with van der Waals surface area (Å²) in [5, 5.41) is 0. The van der Waals surface area contributed by atoms with Gasteiger partial charge in [0.2, 0.25) is 0 Å². The highest BCUT2D eigenvalue weighted by Gasteiger charge is 2.09. The Morgan fingerprint density at radius 2 is 2.08 bits per heavy atom. The molecule has 0 aliphatic rings. The number of nitrogens with zero attached hydrogens (tertiary/aromatic N) is 1. The van der Waals surface area contributed by atoms with Crippen molar-refractivity contribution in [2.75, 3.05) is 0 Å². The van der Waals surface area contributed by atoms with E-state index in [1.165, 1.54) is 11.3 Å². The molecule has 1 nitrogen and oxygen atoms in total. The van der Waals surface area contributed by atoms with Crippen molar-refractivity contribution in [3.8, 4) is 0 Å². The van der Waals surface area contributed by atoms with Crippen molar-refractivity contribution in [1.82, 2.24) is 4.98 Å². The minimum atomic E-state index is -0.297. The lowest BCUT2D eigenvalue weighted by Gasteiger charge is -1.92. The van der Waals surface area contributed by atoms with Gasteiger partial charge < -0.3 is 0 Å². The van der Waals surface area contributed by atoms with Gasteiger partial charge in [-0.2, -0.15) is 0 Å². The molecule has 0 spiro atoms. The van der Waals surface area contributed by atoms with Crippen LogP contribution in [-0.2, 0) is 0 Å². The summed E-state index contributed by atoms with van der Waals surface area (Å²) in [6, 6.07) is 3.52. The van der Waals surface area contributed by atoms with Crippen LogP contribution in [0.5, 0.6) is 0 Å². The first-order chi connectivity index (χ1) is 5.68. The second-order valence-electron chi connectivity index (χ2n) is 2.17. The van der Waals surface area contributed by atoms with E-state index in [2.05, 4.69) is 36.8 Å². The topological polar surface area (TPSA) is 12.9 Å². The monoisotopic (exact) mass is 309 g/mol. The predicted molar refractivity (Wildman–Crippen MR) is 55.0 cm³/mol. The van der Waals surface area contributed by atoms with Crippen LogP contribution < -0.4 is 0 Å². The molecule has 2 rings (SSSR count). The highest BCUT2D eigenvalue weighted by molar-refractivity contribution is 9.11. The van der Waals surface area contributed by atoms with Gasteiger partial charge in [0.25, 0.3) is 0 Å². The van der Waals surface area contributed by atoms with E-state index >= 15 is 0 Å². The number of aromatic nitrogens is 1. The van der Waals surface area contributed by atoms with Gasteiger partial charge in [0.15, 0.2) is 9.73 Å². The maximum atomic E-state index is 13.3. The summed E-state index contributed by atoms with van der Waals surface area (Å²) < 4.78 is 15.3. The van der Waals surface area contributed by atoms with Crippen LogP contribution in [0.1, 0.15) is 0 Å². The first-order valence-corrected chi connectivity index (χ1v) is 5.49. The van der Waals surface area contributed by atoms with E-state index in [0.717, 1.165) is 4.70 Å². The van der Waals surface area contributed by atoms with Gasteiger partial charge in [-0.3, -0.25) is 0 Å². The van der Waals surface area contributed by atoms with Crippen molar-refractivity contribution in [3.05, 3.63) is 26.3 Å². The zero-order chi connectivity index (χ0) is 8.72. The summed E-state index contributed by atoms with van der Waals surface area (Å²) in [4.78, 5) is 4.00. The lowest BCUT2D eigenvalue weighted by atomic mass is 10.3. The molecular formula is C7H2Br2FNS. The van der Waals surface area contributed by atoms with E-state index in [9.17, 15) is 4.39 Å². The SMILES string of the molecule is Fc1c(Br)ccc2sc(Br)nc12. The molecule has 0 radical (unpaired) electrons. The third-order valence-corrected chi connectivity index (χ3v) is 3.51. The molecule has 0 unspecified atom stereocenters. The number of hydrogen-bond donors (Lipinski definition) is 0. The molecule has 62 valence electrons. The fraction of sp³-hybridized carbons (Fsp3) is 0. The molecular weight excluding hydrogens is 309 g/mol. The fourth-order valence-electron chi connectivity index (χ4n) is 0.910. The summed E-state index contributed by atoms with van der Waals surface area (Å²) >= 11 is 7.73. The number of halogens is 3. The van der Waals surface area contributed by atoms with E-state index in [-0.39, 0.29) is 5.82 Å². The summed E-state index contributed by atoms with van der Waals surface area (Å²) in [6.07, 6.45) is 0. The predicted octanol–water partition coefficient (Wildman–Crippen LogP) is 3.96. The number of hydrogen-bond acceptors (Lipinski definition) is 2. The van der Waals surface area contributed by atoms with Crippen molar-refractivity contribution in [3.63, 3.8) is 0 Å². The quantitative estimate of drug-likeness (QED) is 0.718. The highest BCUT2D eigenvalue weighted by atomic mass is 79.9. The van der Waals surface area contributed by atoms with Gasteiger partial charge in [0.1, 0.15) is 5.52 Å². The molecule has 0 atom stereocenters. The third kappa shape index (κ3) is 1.30. The summed E-state index contributed by atoms with van der Waals surface area (Å²) in [5.74, 6) is -0.297. The highest BCUT2D eigenvalue weighted by Crippen LogP contribution is 2.30. The van der Waals surface area contributed by atoms with Crippen LogP contribution in [0.25, 0.3) is 10.2 Å². The zero-order valence-corrected chi connectivity index (χ0v) is 9.63. The second kappa shape index (κ2) is 3.05. The minimum Gasteiger partial charge on any atom is -0.226 e. The van der Waals surface area contributed by atoms with Gasteiger partial charge >= 0.3 is 0 Å². The normalized spacial score (nSPS) is 10.9. The van der Waals surface area contributed by atoms with Gasteiger partial charge in [0, 0.05) is 0 Å². The first-order valence-electron chi connectivity index (χ1n) is 3.08. The Balaban J connectivity index is 2.89. The molecule has 1 aromatic carbocycles. The van der Waals surface area contributed by atoms with E-state index < -0.39 is 0 Å². The van der Waals surface area contributed by atoms with Crippen molar-refractivity contribution in [2.24, 2.45) is 0 Å². The number of fused-ring (bicyclic) bond motifs is 1. The van der Waals surface area contributed by atoms with E-state index in [4.69, 9.17) is 0 Å². The van der Waals surface area contributed by atoms with Crippen LogP contribution in [0, 0.1) is 5.82 Å². The number of thiazole rings is 1. The van der Waals surface area contributed by atoms with Gasteiger partial charge in [-0.25, -0.2) is 9.37 Å². The summed E-state index contributed by atoms with van der Waals surface area (Å²) in [5.41, 5.74) is 0.418. The van der Waals surface area contributed by atoms with Crippen molar-refractivity contribution in [2.45, 2.75) is 0 Å². The van der Waals surface area contributed by atoms with Crippen LogP contribution >= 0.6 is 43.2 Å². The average Bonchev–Trinajstić information content (AvgIpc) is 2.39. The molecule has 1 heterocycles. The molecule has 0 fully saturated rings. The Morgan fingerprint density at radius 1 is 1.33 bits per heavy atom. The van der Waals surface area contributed by atoms with Crippen LogP contribution in [-0.4, -0.2) is 4.98 Å². The lowest BCUT2D eigenvalue weighted by Crippen LogP contribution is -1.78. The number of benzene rings is 1. The summed E-state index contributed by atoms with van der Waals surface area (Å²) in [7, 11) is 0. The maximum Gasteiger partial charge on any atom is 0.164 e. The molecule has 0 aliphatic heterocycles. The Morgan fingerprint density at radius 3 is 2.83 bits per heavy atom. The molecule has 2 aromatic rings. The molecule has 0 saturated heterocycles. The van der Waals surface area contributed by atoms with Crippen LogP contribution in [0.2, 0.25) is 0 Å². The van der Waals surface area contributed by atoms with Gasteiger partial charge in [-0.15, -0.1) is 11.3 Å². The third-order valence-electron chi connectivity index (χ3n) is 1.43.